The lowest BCUT2D eigenvalue weighted by Gasteiger charge is -2.14. The van der Waals surface area contributed by atoms with Crippen molar-refractivity contribution in [2.45, 2.75) is 19.8 Å². The predicted molar refractivity (Wildman–Crippen MR) is 72.8 cm³/mol. The highest BCUT2D eigenvalue weighted by Gasteiger charge is 2.25. The van der Waals surface area contributed by atoms with Crippen molar-refractivity contribution in [3.05, 3.63) is 46.9 Å². The first-order chi connectivity index (χ1) is 9.22. The van der Waals surface area contributed by atoms with Gasteiger partial charge in [-0.25, -0.2) is 9.67 Å². The summed E-state index contributed by atoms with van der Waals surface area (Å²) in [6.07, 6.45) is 3.14. The summed E-state index contributed by atoms with van der Waals surface area (Å²) in [5.41, 5.74) is 3.38. The molecule has 19 heavy (non-hydrogen) atoms. The summed E-state index contributed by atoms with van der Waals surface area (Å²) < 4.78 is 1.82. The van der Waals surface area contributed by atoms with Gasteiger partial charge in [0.25, 0.3) is 0 Å². The number of hydrogen-bond acceptors (Lipinski definition) is 3. The lowest BCUT2D eigenvalue weighted by molar-refractivity contribution is 0.759. The molecule has 0 N–H and O–H groups in total. The van der Waals surface area contributed by atoms with Gasteiger partial charge in [0.1, 0.15) is 0 Å². The van der Waals surface area contributed by atoms with E-state index in [1.165, 1.54) is 0 Å². The third-order valence-electron chi connectivity index (χ3n) is 3.25. The molecule has 0 aromatic carbocycles. The maximum absolute atomic E-state index is 9.07. The molecule has 0 aliphatic heterocycles. The average molecular weight is 271 g/mol. The van der Waals surface area contributed by atoms with Crippen LogP contribution in [0.5, 0.6) is 0 Å². The first-order valence-electron chi connectivity index (χ1n) is 6.01. The number of nitrogens with zero attached hydrogens (tertiary/aromatic N) is 4. The van der Waals surface area contributed by atoms with Crippen LogP contribution in [0, 0.1) is 18.3 Å². The van der Waals surface area contributed by atoms with Crippen LogP contribution in [-0.4, -0.2) is 14.8 Å². The molecule has 2 heterocycles. The van der Waals surface area contributed by atoms with Gasteiger partial charge in [-0.3, -0.25) is 0 Å². The Balaban J connectivity index is 2.22. The van der Waals surface area contributed by atoms with Crippen LogP contribution < -0.4 is 0 Å². The summed E-state index contributed by atoms with van der Waals surface area (Å²) in [4.78, 5) is 4.31. The molecular formula is C14H11ClN4. The number of fused-ring (bicyclic) bond motifs is 1. The molecule has 0 saturated heterocycles. The Kier molecular flexibility index (Phi) is 2.84. The molecular weight excluding hydrogens is 260 g/mol. The van der Waals surface area contributed by atoms with Crippen LogP contribution in [0.2, 0.25) is 0 Å². The summed E-state index contributed by atoms with van der Waals surface area (Å²) in [7, 11) is 0. The standard InChI is InChI=1S/C14H11ClN4/c1-9-13-11(6-5-10(8-16)14(13)15)19(18-9)12-4-2-3-7-17-12/h2-4,7H,5-6H2,1H3. The van der Waals surface area contributed by atoms with Crippen molar-refractivity contribution in [2.75, 3.05) is 0 Å². The second kappa shape index (κ2) is 4.52. The van der Waals surface area contributed by atoms with Gasteiger partial charge in [-0.2, -0.15) is 10.4 Å². The Labute approximate surface area is 116 Å². The first-order valence-corrected chi connectivity index (χ1v) is 6.39. The minimum atomic E-state index is 0.531. The Morgan fingerprint density at radius 2 is 2.21 bits per heavy atom. The van der Waals surface area contributed by atoms with Crippen molar-refractivity contribution in [3.8, 4) is 11.9 Å². The van der Waals surface area contributed by atoms with Crippen LogP contribution in [0.1, 0.15) is 23.4 Å². The van der Waals surface area contributed by atoms with Gasteiger partial charge in [-0.15, -0.1) is 0 Å². The van der Waals surface area contributed by atoms with Crippen molar-refractivity contribution in [2.24, 2.45) is 0 Å². The lowest BCUT2D eigenvalue weighted by Crippen LogP contribution is -2.08. The van der Waals surface area contributed by atoms with Crippen molar-refractivity contribution < 1.29 is 0 Å². The highest BCUT2D eigenvalue weighted by atomic mass is 35.5. The zero-order chi connectivity index (χ0) is 13.4. The van der Waals surface area contributed by atoms with E-state index < -0.39 is 0 Å². The molecule has 0 atom stereocenters. The number of halogens is 1. The number of aryl methyl sites for hydroxylation is 1. The van der Waals surface area contributed by atoms with Crippen LogP contribution in [-0.2, 0) is 6.42 Å². The van der Waals surface area contributed by atoms with E-state index in [-0.39, 0.29) is 0 Å². The largest absolute Gasteiger partial charge is 0.237 e. The molecule has 3 rings (SSSR count). The van der Waals surface area contributed by atoms with Crippen molar-refractivity contribution in [1.29, 1.82) is 5.26 Å². The molecule has 1 aliphatic rings. The highest BCUT2D eigenvalue weighted by molar-refractivity contribution is 6.50. The number of hydrogen-bond donors (Lipinski definition) is 0. The maximum atomic E-state index is 9.07. The number of allylic oxidation sites excluding steroid dienone is 1. The third kappa shape index (κ3) is 1.83. The molecule has 0 bridgehead atoms. The van der Waals surface area contributed by atoms with Gasteiger partial charge in [0.2, 0.25) is 0 Å². The first kappa shape index (κ1) is 11.9. The van der Waals surface area contributed by atoms with E-state index in [0.717, 1.165) is 29.2 Å². The van der Waals surface area contributed by atoms with Gasteiger partial charge in [0.15, 0.2) is 5.82 Å². The Bertz CT molecular complexity index is 707. The quantitative estimate of drug-likeness (QED) is 0.800. The number of aromatic nitrogens is 3. The number of rotatable bonds is 1. The smallest absolute Gasteiger partial charge is 0.153 e. The van der Waals surface area contributed by atoms with E-state index in [1.807, 2.05) is 29.8 Å². The van der Waals surface area contributed by atoms with Gasteiger partial charge in [0, 0.05) is 17.3 Å². The third-order valence-corrected chi connectivity index (χ3v) is 3.67. The predicted octanol–water partition coefficient (Wildman–Crippen LogP) is 3.00. The summed E-state index contributed by atoms with van der Waals surface area (Å²) in [5, 5.41) is 14.1. The fraction of sp³-hybridized carbons (Fsp3) is 0.214. The molecule has 2 aromatic rings. The molecule has 0 saturated carbocycles. The molecule has 1 aliphatic carbocycles. The van der Waals surface area contributed by atoms with Gasteiger partial charge in [0.05, 0.1) is 22.5 Å². The molecule has 0 fully saturated rings. The van der Waals surface area contributed by atoms with E-state index in [1.54, 1.807) is 6.20 Å². The second-order valence-corrected chi connectivity index (χ2v) is 4.79. The zero-order valence-electron chi connectivity index (χ0n) is 10.4. The normalized spacial score (nSPS) is 14.2. The molecule has 94 valence electrons. The van der Waals surface area contributed by atoms with Gasteiger partial charge < -0.3 is 0 Å². The van der Waals surface area contributed by atoms with Gasteiger partial charge in [-0.1, -0.05) is 17.7 Å². The lowest BCUT2D eigenvalue weighted by atomic mass is 9.96. The molecule has 0 spiro atoms. The van der Waals surface area contributed by atoms with Crippen LogP contribution in [0.4, 0.5) is 0 Å². The van der Waals surface area contributed by atoms with Gasteiger partial charge in [-0.05, 0) is 31.9 Å². The Morgan fingerprint density at radius 3 is 2.89 bits per heavy atom. The molecule has 0 unspecified atom stereocenters. The summed E-state index contributed by atoms with van der Waals surface area (Å²) in [6.45, 7) is 1.90. The van der Waals surface area contributed by atoms with Crippen LogP contribution >= 0.6 is 11.6 Å². The summed E-state index contributed by atoms with van der Waals surface area (Å²) in [6, 6.07) is 7.86. The van der Waals surface area contributed by atoms with Crippen LogP contribution in [0.15, 0.2) is 30.0 Å². The molecule has 2 aromatic heterocycles. The SMILES string of the molecule is Cc1nn(-c2ccccn2)c2c1C(Cl)=C(C#N)CC2. The van der Waals surface area contributed by atoms with Crippen LogP contribution in [0.3, 0.4) is 0 Å². The van der Waals surface area contributed by atoms with E-state index in [9.17, 15) is 0 Å². The minimum Gasteiger partial charge on any atom is -0.237 e. The van der Waals surface area contributed by atoms with E-state index in [4.69, 9.17) is 16.9 Å². The fourth-order valence-electron chi connectivity index (χ4n) is 2.37. The monoisotopic (exact) mass is 270 g/mol. The Hall–Kier alpha value is -2.12. The van der Waals surface area contributed by atoms with E-state index >= 15 is 0 Å². The van der Waals surface area contributed by atoms with E-state index in [2.05, 4.69) is 16.2 Å². The second-order valence-electron chi connectivity index (χ2n) is 4.41. The minimum absolute atomic E-state index is 0.531. The highest BCUT2D eigenvalue weighted by Crippen LogP contribution is 2.36. The molecule has 0 amide bonds. The molecule has 4 nitrogen and oxygen atoms in total. The van der Waals surface area contributed by atoms with E-state index in [0.29, 0.717) is 17.0 Å². The maximum Gasteiger partial charge on any atom is 0.153 e. The van der Waals surface area contributed by atoms with Crippen molar-refractivity contribution in [3.63, 3.8) is 0 Å². The van der Waals surface area contributed by atoms with Crippen molar-refractivity contribution in [1.82, 2.24) is 14.8 Å². The number of nitriles is 1. The molecule has 0 radical (unpaired) electrons. The fourth-order valence-corrected chi connectivity index (χ4v) is 2.75. The Morgan fingerprint density at radius 1 is 1.37 bits per heavy atom. The average Bonchev–Trinajstić information content (AvgIpc) is 2.78. The molecule has 5 heteroatoms. The zero-order valence-corrected chi connectivity index (χ0v) is 11.1. The van der Waals surface area contributed by atoms with Gasteiger partial charge >= 0.3 is 0 Å². The van der Waals surface area contributed by atoms with Crippen LogP contribution in [0.25, 0.3) is 10.9 Å². The topological polar surface area (TPSA) is 54.5 Å². The van der Waals surface area contributed by atoms with Crippen molar-refractivity contribution >= 4 is 16.6 Å². The summed E-state index contributed by atoms with van der Waals surface area (Å²) in [5.74, 6) is 0.775. The number of pyridine rings is 1. The summed E-state index contributed by atoms with van der Waals surface area (Å²) >= 11 is 6.30.